The van der Waals surface area contributed by atoms with E-state index < -0.39 is 10.0 Å². The summed E-state index contributed by atoms with van der Waals surface area (Å²) in [4.78, 5) is 12.2. The molecule has 0 spiro atoms. The molecule has 27 heavy (non-hydrogen) atoms. The second kappa shape index (κ2) is 8.90. The zero-order chi connectivity index (χ0) is 20.0. The van der Waals surface area contributed by atoms with E-state index in [0.717, 1.165) is 11.8 Å². The summed E-state index contributed by atoms with van der Waals surface area (Å²) in [6.07, 6.45) is 1.19. The Hall–Kier alpha value is -2.54. The van der Waals surface area contributed by atoms with E-state index in [4.69, 9.17) is 4.74 Å². The third-order valence-corrected chi connectivity index (χ3v) is 4.97. The largest absolute Gasteiger partial charge is 0.491 e. The lowest BCUT2D eigenvalue weighted by Crippen LogP contribution is -2.38. The number of anilines is 1. The van der Waals surface area contributed by atoms with Gasteiger partial charge >= 0.3 is 0 Å². The molecule has 0 atom stereocenters. The summed E-state index contributed by atoms with van der Waals surface area (Å²) in [6, 6.07) is 14.1. The standard InChI is InChI=1S/C20H26N2O4S/c1-15(2)26-19-10-8-18(9-11-19)22(27(4,24)25)13-12-21-20(23)17-7-5-6-16(3)14-17/h5-11,14-15H,12-13H2,1-4H3,(H,21,23). The fourth-order valence-electron chi connectivity index (χ4n) is 2.61. The van der Waals surface area contributed by atoms with E-state index in [1.54, 1.807) is 36.4 Å². The van der Waals surface area contributed by atoms with Crippen molar-refractivity contribution in [3.63, 3.8) is 0 Å². The lowest BCUT2D eigenvalue weighted by Gasteiger charge is -2.23. The van der Waals surface area contributed by atoms with Gasteiger partial charge in [-0.05, 0) is 57.2 Å². The molecule has 0 fully saturated rings. The van der Waals surface area contributed by atoms with E-state index in [0.29, 0.717) is 17.0 Å². The SMILES string of the molecule is Cc1cccc(C(=O)NCCN(c2ccc(OC(C)C)cc2)S(C)(=O)=O)c1. The molecule has 0 heterocycles. The highest BCUT2D eigenvalue weighted by Gasteiger charge is 2.18. The smallest absolute Gasteiger partial charge is 0.251 e. The molecule has 0 saturated carbocycles. The fourth-order valence-corrected chi connectivity index (χ4v) is 3.54. The highest BCUT2D eigenvalue weighted by Crippen LogP contribution is 2.22. The second-order valence-electron chi connectivity index (χ2n) is 6.62. The van der Waals surface area contributed by atoms with Gasteiger partial charge in [0.25, 0.3) is 5.91 Å². The molecule has 0 aliphatic carbocycles. The summed E-state index contributed by atoms with van der Waals surface area (Å²) in [5.41, 5.74) is 2.07. The van der Waals surface area contributed by atoms with Gasteiger partial charge in [0, 0.05) is 12.1 Å². The maximum absolute atomic E-state index is 12.2. The van der Waals surface area contributed by atoms with Crippen LogP contribution in [0.3, 0.4) is 0 Å². The molecular weight excluding hydrogens is 364 g/mol. The highest BCUT2D eigenvalue weighted by molar-refractivity contribution is 7.92. The number of nitrogens with zero attached hydrogens (tertiary/aromatic N) is 1. The minimum Gasteiger partial charge on any atom is -0.491 e. The molecule has 2 aromatic rings. The summed E-state index contributed by atoms with van der Waals surface area (Å²) < 4.78 is 31.2. The predicted octanol–water partition coefficient (Wildman–Crippen LogP) is 2.98. The van der Waals surface area contributed by atoms with Gasteiger partial charge in [0.2, 0.25) is 10.0 Å². The van der Waals surface area contributed by atoms with Gasteiger partial charge in [-0.3, -0.25) is 9.10 Å². The van der Waals surface area contributed by atoms with Crippen LogP contribution in [0.4, 0.5) is 5.69 Å². The van der Waals surface area contributed by atoms with Crippen LogP contribution >= 0.6 is 0 Å². The molecular formula is C20H26N2O4S. The third kappa shape index (κ3) is 6.29. The van der Waals surface area contributed by atoms with Crippen LogP contribution in [0.1, 0.15) is 29.8 Å². The normalized spacial score (nSPS) is 11.3. The molecule has 0 unspecified atom stereocenters. The number of sulfonamides is 1. The number of rotatable bonds is 8. The van der Waals surface area contributed by atoms with Crippen LogP contribution in [-0.2, 0) is 10.0 Å². The number of amides is 1. The van der Waals surface area contributed by atoms with Crippen LogP contribution in [0.15, 0.2) is 48.5 Å². The summed E-state index contributed by atoms with van der Waals surface area (Å²) >= 11 is 0. The maximum atomic E-state index is 12.2. The summed E-state index contributed by atoms with van der Waals surface area (Å²) in [5.74, 6) is 0.447. The van der Waals surface area contributed by atoms with Crippen molar-refractivity contribution in [3.8, 4) is 5.75 Å². The molecule has 7 heteroatoms. The van der Waals surface area contributed by atoms with Crippen LogP contribution in [0.2, 0.25) is 0 Å². The zero-order valence-corrected chi connectivity index (χ0v) is 16.9. The molecule has 2 rings (SSSR count). The van der Waals surface area contributed by atoms with Gasteiger partial charge in [-0.1, -0.05) is 17.7 Å². The van der Waals surface area contributed by atoms with Crippen LogP contribution in [0.5, 0.6) is 5.75 Å². The van der Waals surface area contributed by atoms with Crippen LogP contribution in [-0.4, -0.2) is 39.8 Å². The fraction of sp³-hybridized carbons (Fsp3) is 0.350. The van der Waals surface area contributed by atoms with Crippen molar-refractivity contribution in [1.29, 1.82) is 0 Å². The van der Waals surface area contributed by atoms with Crippen molar-refractivity contribution in [2.24, 2.45) is 0 Å². The van der Waals surface area contributed by atoms with Crippen LogP contribution < -0.4 is 14.4 Å². The second-order valence-corrected chi connectivity index (χ2v) is 8.53. The molecule has 0 radical (unpaired) electrons. The first kappa shape index (κ1) is 20.8. The molecule has 0 aromatic heterocycles. The molecule has 0 aliphatic rings. The van der Waals surface area contributed by atoms with Crippen molar-refractivity contribution in [1.82, 2.24) is 5.32 Å². The van der Waals surface area contributed by atoms with E-state index >= 15 is 0 Å². The first-order valence-electron chi connectivity index (χ1n) is 8.76. The molecule has 146 valence electrons. The Morgan fingerprint density at radius 3 is 2.37 bits per heavy atom. The van der Waals surface area contributed by atoms with E-state index in [-0.39, 0.29) is 25.1 Å². The Labute approximate surface area is 161 Å². The first-order valence-corrected chi connectivity index (χ1v) is 10.6. The molecule has 0 saturated heterocycles. The lowest BCUT2D eigenvalue weighted by molar-refractivity contribution is 0.0954. The van der Waals surface area contributed by atoms with Crippen molar-refractivity contribution in [2.75, 3.05) is 23.7 Å². The molecule has 1 amide bonds. The van der Waals surface area contributed by atoms with E-state index in [2.05, 4.69) is 5.32 Å². The van der Waals surface area contributed by atoms with Gasteiger partial charge in [-0.15, -0.1) is 0 Å². The number of carbonyl (C=O) groups is 1. The Balaban J connectivity index is 2.04. The molecule has 0 aliphatic heterocycles. The predicted molar refractivity (Wildman–Crippen MR) is 108 cm³/mol. The summed E-state index contributed by atoms with van der Waals surface area (Å²) in [6.45, 7) is 6.10. The summed E-state index contributed by atoms with van der Waals surface area (Å²) in [5, 5.41) is 2.77. The quantitative estimate of drug-likeness (QED) is 0.752. The number of hydrogen-bond acceptors (Lipinski definition) is 4. The number of aryl methyl sites for hydroxylation is 1. The Bertz CT molecular complexity index is 877. The number of hydrogen-bond donors (Lipinski definition) is 1. The minimum atomic E-state index is -3.48. The molecule has 2 aromatic carbocycles. The molecule has 0 bridgehead atoms. The first-order chi connectivity index (χ1) is 12.7. The number of benzene rings is 2. The maximum Gasteiger partial charge on any atom is 0.251 e. The minimum absolute atomic E-state index is 0.0405. The van der Waals surface area contributed by atoms with E-state index in [1.807, 2.05) is 32.9 Å². The Kier molecular flexibility index (Phi) is 6.85. The van der Waals surface area contributed by atoms with Gasteiger partial charge in [-0.25, -0.2) is 8.42 Å². The zero-order valence-electron chi connectivity index (χ0n) is 16.1. The average Bonchev–Trinajstić information content (AvgIpc) is 2.58. The van der Waals surface area contributed by atoms with Crippen LogP contribution in [0, 0.1) is 6.92 Å². The van der Waals surface area contributed by atoms with Gasteiger partial charge in [-0.2, -0.15) is 0 Å². The van der Waals surface area contributed by atoms with E-state index in [1.165, 1.54) is 4.31 Å². The van der Waals surface area contributed by atoms with Gasteiger partial charge < -0.3 is 10.1 Å². The third-order valence-electron chi connectivity index (χ3n) is 3.78. The topological polar surface area (TPSA) is 75.7 Å². The van der Waals surface area contributed by atoms with Gasteiger partial charge in [0.1, 0.15) is 5.75 Å². The molecule has 6 nitrogen and oxygen atoms in total. The lowest BCUT2D eigenvalue weighted by atomic mass is 10.1. The number of carbonyl (C=O) groups excluding carboxylic acids is 1. The van der Waals surface area contributed by atoms with Crippen molar-refractivity contribution < 1.29 is 17.9 Å². The van der Waals surface area contributed by atoms with Crippen molar-refractivity contribution in [2.45, 2.75) is 26.9 Å². The monoisotopic (exact) mass is 390 g/mol. The van der Waals surface area contributed by atoms with Gasteiger partial charge in [0.15, 0.2) is 0 Å². The van der Waals surface area contributed by atoms with Crippen LogP contribution in [0.25, 0.3) is 0 Å². The number of nitrogens with one attached hydrogen (secondary N) is 1. The van der Waals surface area contributed by atoms with Crippen molar-refractivity contribution >= 4 is 21.6 Å². The summed E-state index contributed by atoms with van der Waals surface area (Å²) in [7, 11) is -3.48. The molecule has 1 N–H and O–H groups in total. The average molecular weight is 391 g/mol. The Morgan fingerprint density at radius 2 is 1.81 bits per heavy atom. The van der Waals surface area contributed by atoms with Crippen molar-refractivity contribution in [3.05, 3.63) is 59.7 Å². The van der Waals surface area contributed by atoms with Gasteiger partial charge in [0.05, 0.1) is 24.6 Å². The Morgan fingerprint density at radius 1 is 1.15 bits per heavy atom. The van der Waals surface area contributed by atoms with E-state index in [9.17, 15) is 13.2 Å². The number of ether oxygens (including phenoxy) is 1. The highest BCUT2D eigenvalue weighted by atomic mass is 32.2.